The average Bonchev–Trinajstić information content (AvgIpc) is 2.10. The van der Waals surface area contributed by atoms with Crippen molar-refractivity contribution in [2.75, 3.05) is 0 Å². The quantitative estimate of drug-likeness (QED) is 0.457. The summed E-state index contributed by atoms with van der Waals surface area (Å²) in [7, 11) is 0. The molecule has 0 atom stereocenters. The van der Waals surface area contributed by atoms with Crippen molar-refractivity contribution < 1.29 is 4.79 Å². The zero-order chi connectivity index (χ0) is 6.85. The fraction of sp³-hybridized carbons (Fsp3) is 0.200. The van der Waals surface area contributed by atoms with Gasteiger partial charge in [-0.3, -0.25) is 4.79 Å². The lowest BCUT2D eigenvalue weighted by Crippen LogP contribution is -1.80. The Hall–Kier alpha value is -0.900. The van der Waals surface area contributed by atoms with Crippen molar-refractivity contribution in [2.24, 2.45) is 0 Å². The molecule has 0 bridgehead atoms. The fourth-order valence-electron chi connectivity index (χ4n) is 0.603. The van der Waals surface area contributed by atoms with E-state index < -0.39 is 0 Å². The molecule has 2 N–H and O–H groups in total. The first-order chi connectivity index (χ1) is 4.24. The van der Waals surface area contributed by atoms with E-state index in [1.165, 1.54) is 0 Å². The first-order valence-electron chi connectivity index (χ1n) is 2.48. The second-order valence-corrected chi connectivity index (χ2v) is 2.14. The monoisotopic (exact) mass is 142 g/mol. The minimum Gasteiger partial charge on any atom is -0.334 e. The van der Waals surface area contributed by atoms with Gasteiger partial charge in [-0.1, -0.05) is 0 Å². The number of carbonyl (C=O) groups excluding carboxylic acids is 1. The summed E-state index contributed by atoms with van der Waals surface area (Å²) in [6.45, 7) is 1.79. The van der Waals surface area contributed by atoms with Crippen LogP contribution in [0.25, 0.3) is 0 Å². The van der Waals surface area contributed by atoms with Crippen LogP contribution in [0.1, 0.15) is 16.2 Å². The molecule has 0 aliphatic heterocycles. The van der Waals surface area contributed by atoms with E-state index in [1.54, 1.807) is 6.92 Å². The van der Waals surface area contributed by atoms with Gasteiger partial charge in [0.15, 0.2) is 11.1 Å². The molecular formula is C5H6N2OS. The predicted octanol–water partition coefficient (Wildman–Crippen LogP) is 1.19. The van der Waals surface area contributed by atoms with E-state index >= 15 is 0 Å². The topological polar surface area (TPSA) is 48.6 Å². The Morgan fingerprint density at radius 3 is 2.44 bits per heavy atom. The summed E-state index contributed by atoms with van der Waals surface area (Å²) < 4.78 is 0.495. The standard InChI is InChI=1S/C5H6N2OS/c1-3-4(2-8)7-5(9)6-3/h2H,1H3,(H2,6,7,9). The van der Waals surface area contributed by atoms with Crippen LogP contribution in [0.2, 0.25) is 0 Å². The van der Waals surface area contributed by atoms with Crippen LogP contribution in [0.3, 0.4) is 0 Å². The molecule has 0 unspecified atom stereocenters. The first kappa shape index (κ1) is 6.22. The van der Waals surface area contributed by atoms with Crippen LogP contribution in [-0.4, -0.2) is 16.3 Å². The minimum absolute atomic E-state index is 0.495. The zero-order valence-electron chi connectivity index (χ0n) is 4.89. The largest absolute Gasteiger partial charge is 0.334 e. The molecule has 0 saturated carbocycles. The van der Waals surface area contributed by atoms with Crippen LogP contribution < -0.4 is 0 Å². The van der Waals surface area contributed by atoms with Crippen LogP contribution in [-0.2, 0) is 0 Å². The van der Waals surface area contributed by atoms with Crippen molar-refractivity contribution in [3.8, 4) is 0 Å². The first-order valence-corrected chi connectivity index (χ1v) is 2.89. The molecule has 1 aromatic rings. The van der Waals surface area contributed by atoms with Gasteiger partial charge in [-0.15, -0.1) is 0 Å². The highest BCUT2D eigenvalue weighted by Gasteiger charge is 1.95. The molecule has 0 amide bonds. The number of carbonyl (C=O) groups is 1. The molecule has 0 saturated heterocycles. The van der Waals surface area contributed by atoms with Crippen molar-refractivity contribution in [3.05, 3.63) is 16.2 Å². The summed E-state index contributed by atoms with van der Waals surface area (Å²) in [5, 5.41) is 0. The Morgan fingerprint density at radius 1 is 1.56 bits per heavy atom. The molecular weight excluding hydrogens is 136 g/mol. The lowest BCUT2D eigenvalue weighted by Gasteiger charge is -1.79. The zero-order valence-corrected chi connectivity index (χ0v) is 5.71. The van der Waals surface area contributed by atoms with Crippen LogP contribution in [0, 0.1) is 11.7 Å². The number of aldehydes is 1. The van der Waals surface area contributed by atoms with Crippen molar-refractivity contribution in [3.63, 3.8) is 0 Å². The highest BCUT2D eigenvalue weighted by Crippen LogP contribution is 1.96. The van der Waals surface area contributed by atoms with Crippen molar-refractivity contribution in [1.82, 2.24) is 9.97 Å². The van der Waals surface area contributed by atoms with Crippen LogP contribution in [0.5, 0.6) is 0 Å². The molecule has 48 valence electrons. The molecule has 1 aromatic heterocycles. The summed E-state index contributed by atoms with van der Waals surface area (Å²) in [6.07, 6.45) is 0.738. The van der Waals surface area contributed by atoms with Crippen LogP contribution in [0.4, 0.5) is 0 Å². The Labute approximate surface area is 57.1 Å². The maximum Gasteiger partial charge on any atom is 0.175 e. The van der Waals surface area contributed by atoms with E-state index in [9.17, 15) is 4.79 Å². The van der Waals surface area contributed by atoms with E-state index in [-0.39, 0.29) is 0 Å². The van der Waals surface area contributed by atoms with Crippen LogP contribution in [0.15, 0.2) is 0 Å². The Morgan fingerprint density at radius 2 is 2.22 bits per heavy atom. The van der Waals surface area contributed by atoms with E-state index in [4.69, 9.17) is 12.2 Å². The maximum atomic E-state index is 10.1. The number of hydrogen-bond donors (Lipinski definition) is 2. The Balaban J connectivity index is 3.31. The number of nitrogens with one attached hydrogen (secondary N) is 2. The summed E-state index contributed by atoms with van der Waals surface area (Å²) in [4.78, 5) is 15.6. The lowest BCUT2D eigenvalue weighted by molar-refractivity contribution is 0.111. The number of aromatic nitrogens is 2. The van der Waals surface area contributed by atoms with Gasteiger partial charge < -0.3 is 9.97 Å². The van der Waals surface area contributed by atoms with Gasteiger partial charge in [0.2, 0.25) is 0 Å². The van der Waals surface area contributed by atoms with E-state index in [0.717, 1.165) is 12.0 Å². The summed E-state index contributed by atoms with van der Waals surface area (Å²) >= 11 is 4.72. The highest BCUT2D eigenvalue weighted by molar-refractivity contribution is 7.71. The lowest BCUT2D eigenvalue weighted by atomic mass is 10.4. The molecule has 0 aromatic carbocycles. The van der Waals surface area contributed by atoms with E-state index in [2.05, 4.69) is 9.97 Å². The normalized spacial score (nSPS) is 9.44. The summed E-state index contributed by atoms with van der Waals surface area (Å²) in [6, 6.07) is 0. The maximum absolute atomic E-state index is 10.1. The molecule has 3 nitrogen and oxygen atoms in total. The molecule has 0 aliphatic carbocycles. The Bertz CT molecular complexity index is 273. The van der Waals surface area contributed by atoms with Crippen LogP contribution >= 0.6 is 12.2 Å². The third-order valence-corrected chi connectivity index (χ3v) is 1.28. The second-order valence-electron chi connectivity index (χ2n) is 1.74. The molecule has 0 aliphatic rings. The summed E-state index contributed by atoms with van der Waals surface area (Å²) in [5.74, 6) is 0. The number of aromatic amines is 2. The molecule has 0 fully saturated rings. The minimum atomic E-state index is 0.495. The number of rotatable bonds is 1. The van der Waals surface area contributed by atoms with Crippen molar-refractivity contribution in [1.29, 1.82) is 0 Å². The van der Waals surface area contributed by atoms with Gasteiger partial charge in [-0.05, 0) is 19.1 Å². The van der Waals surface area contributed by atoms with Crippen molar-refractivity contribution in [2.45, 2.75) is 6.92 Å². The average molecular weight is 142 g/mol. The fourth-order valence-corrected chi connectivity index (χ4v) is 0.866. The Kier molecular flexibility index (Phi) is 1.48. The molecule has 4 heteroatoms. The molecule has 0 radical (unpaired) electrons. The number of hydrogen-bond acceptors (Lipinski definition) is 2. The third kappa shape index (κ3) is 1.08. The molecule has 1 heterocycles. The van der Waals surface area contributed by atoms with Gasteiger partial charge in [0.05, 0.1) is 5.69 Å². The number of aryl methyl sites for hydroxylation is 1. The van der Waals surface area contributed by atoms with Crippen molar-refractivity contribution >= 4 is 18.5 Å². The molecule has 9 heavy (non-hydrogen) atoms. The molecule has 0 spiro atoms. The SMILES string of the molecule is Cc1[nH]c(=S)[nH]c1C=O. The number of imidazole rings is 1. The second kappa shape index (κ2) is 2.14. The van der Waals surface area contributed by atoms with Gasteiger partial charge in [0.25, 0.3) is 0 Å². The predicted molar refractivity (Wildman–Crippen MR) is 36.1 cm³/mol. The van der Waals surface area contributed by atoms with E-state index in [0.29, 0.717) is 10.5 Å². The summed E-state index contributed by atoms with van der Waals surface area (Å²) in [5.41, 5.74) is 1.31. The third-order valence-electron chi connectivity index (χ3n) is 1.07. The van der Waals surface area contributed by atoms with E-state index in [1.807, 2.05) is 0 Å². The number of H-pyrrole nitrogens is 2. The van der Waals surface area contributed by atoms with Gasteiger partial charge >= 0.3 is 0 Å². The highest BCUT2D eigenvalue weighted by atomic mass is 32.1. The van der Waals surface area contributed by atoms with Gasteiger partial charge in [-0.2, -0.15) is 0 Å². The van der Waals surface area contributed by atoms with Gasteiger partial charge in [-0.25, -0.2) is 0 Å². The molecule has 1 rings (SSSR count). The smallest absolute Gasteiger partial charge is 0.175 e. The van der Waals surface area contributed by atoms with Gasteiger partial charge in [0.1, 0.15) is 0 Å². The van der Waals surface area contributed by atoms with Gasteiger partial charge in [0, 0.05) is 5.69 Å².